The van der Waals surface area contributed by atoms with Crippen LogP contribution in [0.25, 0.3) is 5.65 Å². The summed E-state index contributed by atoms with van der Waals surface area (Å²) >= 11 is 0. The summed E-state index contributed by atoms with van der Waals surface area (Å²) in [6, 6.07) is 7.00. The van der Waals surface area contributed by atoms with E-state index in [1.54, 1.807) is 42.9 Å². The fourth-order valence-electron chi connectivity index (χ4n) is 2.07. The van der Waals surface area contributed by atoms with Crippen molar-refractivity contribution in [3.05, 3.63) is 54.7 Å². The third kappa shape index (κ3) is 2.90. The van der Waals surface area contributed by atoms with Crippen LogP contribution in [0.1, 0.15) is 24.3 Å². The molecule has 0 bridgehead atoms. The highest BCUT2D eigenvalue weighted by Crippen LogP contribution is 2.27. The van der Waals surface area contributed by atoms with Crippen LogP contribution in [-0.4, -0.2) is 26.4 Å². The molecule has 0 aliphatic carbocycles. The Kier molecular flexibility index (Phi) is 3.74. The molecule has 0 aliphatic rings. The number of carbonyl (C=O) groups is 1. The Morgan fingerprint density at radius 2 is 2.14 bits per heavy atom. The number of nitrogens with one attached hydrogen (secondary N) is 1. The minimum Gasteiger partial charge on any atom is -0.489 e. The maximum absolute atomic E-state index is 12.3. The number of hydrogen-bond donors (Lipinski definition) is 1. The molecule has 3 heterocycles. The standard InChI is InChI=1S/C16H16N4O2/c1-11(2)22-14-9-15-18-7-8-20(15)10-13(14)19-16(21)12-5-3-4-6-17-12/h3-11H,1-2H3,(H,19,21). The van der Waals surface area contributed by atoms with E-state index in [9.17, 15) is 4.79 Å². The zero-order valence-corrected chi connectivity index (χ0v) is 12.4. The number of imidazole rings is 1. The molecule has 6 heteroatoms. The quantitative estimate of drug-likeness (QED) is 0.803. The van der Waals surface area contributed by atoms with Crippen molar-refractivity contribution in [3.63, 3.8) is 0 Å². The second-order valence-corrected chi connectivity index (χ2v) is 5.08. The Bertz CT molecular complexity index is 796. The van der Waals surface area contributed by atoms with E-state index in [4.69, 9.17) is 4.74 Å². The van der Waals surface area contributed by atoms with Gasteiger partial charge in [0.15, 0.2) is 0 Å². The Balaban J connectivity index is 1.95. The largest absolute Gasteiger partial charge is 0.489 e. The summed E-state index contributed by atoms with van der Waals surface area (Å²) in [7, 11) is 0. The number of amides is 1. The van der Waals surface area contributed by atoms with Gasteiger partial charge in [0.25, 0.3) is 5.91 Å². The first-order valence-electron chi connectivity index (χ1n) is 6.99. The summed E-state index contributed by atoms with van der Waals surface area (Å²) in [5.41, 5.74) is 1.69. The summed E-state index contributed by atoms with van der Waals surface area (Å²) < 4.78 is 7.59. The van der Waals surface area contributed by atoms with Crippen LogP contribution in [0.3, 0.4) is 0 Å². The molecular formula is C16H16N4O2. The van der Waals surface area contributed by atoms with E-state index in [1.165, 1.54) is 0 Å². The van der Waals surface area contributed by atoms with Gasteiger partial charge in [0, 0.05) is 30.9 Å². The molecule has 0 fully saturated rings. The highest BCUT2D eigenvalue weighted by atomic mass is 16.5. The van der Waals surface area contributed by atoms with Crippen molar-refractivity contribution >= 4 is 17.2 Å². The summed E-state index contributed by atoms with van der Waals surface area (Å²) in [4.78, 5) is 20.5. The number of ether oxygens (including phenoxy) is 1. The molecule has 3 aromatic heterocycles. The highest BCUT2D eigenvalue weighted by Gasteiger charge is 2.13. The smallest absolute Gasteiger partial charge is 0.274 e. The highest BCUT2D eigenvalue weighted by molar-refractivity contribution is 6.03. The maximum Gasteiger partial charge on any atom is 0.274 e. The van der Waals surface area contributed by atoms with Crippen LogP contribution in [0.4, 0.5) is 5.69 Å². The Hall–Kier alpha value is -2.89. The van der Waals surface area contributed by atoms with Gasteiger partial charge in [-0.15, -0.1) is 0 Å². The van der Waals surface area contributed by atoms with Gasteiger partial charge in [-0.3, -0.25) is 9.78 Å². The molecule has 0 aliphatic heterocycles. The van der Waals surface area contributed by atoms with Gasteiger partial charge in [-0.05, 0) is 26.0 Å². The number of anilines is 1. The van der Waals surface area contributed by atoms with Crippen LogP contribution in [0.5, 0.6) is 5.75 Å². The fourth-order valence-corrected chi connectivity index (χ4v) is 2.07. The number of carbonyl (C=O) groups excluding carboxylic acids is 1. The first kappa shape index (κ1) is 14.1. The zero-order valence-electron chi connectivity index (χ0n) is 12.4. The number of fused-ring (bicyclic) bond motifs is 1. The van der Waals surface area contributed by atoms with Gasteiger partial charge in [0.2, 0.25) is 0 Å². The number of pyridine rings is 2. The second kappa shape index (κ2) is 5.85. The Morgan fingerprint density at radius 1 is 1.27 bits per heavy atom. The van der Waals surface area contributed by atoms with Crippen LogP contribution in [0.2, 0.25) is 0 Å². The van der Waals surface area contributed by atoms with E-state index in [0.717, 1.165) is 5.65 Å². The molecule has 0 saturated carbocycles. The van der Waals surface area contributed by atoms with Gasteiger partial charge in [-0.25, -0.2) is 4.98 Å². The summed E-state index contributed by atoms with van der Waals surface area (Å²) in [5.74, 6) is 0.298. The minimum atomic E-state index is -0.284. The summed E-state index contributed by atoms with van der Waals surface area (Å²) in [5, 5.41) is 2.84. The predicted octanol–water partition coefficient (Wildman–Crippen LogP) is 2.77. The molecule has 1 amide bonds. The number of aromatic nitrogens is 3. The lowest BCUT2D eigenvalue weighted by Gasteiger charge is -2.15. The van der Waals surface area contributed by atoms with Crippen LogP contribution in [0, 0.1) is 0 Å². The van der Waals surface area contributed by atoms with E-state index in [-0.39, 0.29) is 12.0 Å². The minimum absolute atomic E-state index is 0.0112. The SMILES string of the molecule is CC(C)Oc1cc2nccn2cc1NC(=O)c1ccccn1. The van der Waals surface area contributed by atoms with Gasteiger partial charge in [0.05, 0.1) is 6.10 Å². The fraction of sp³-hybridized carbons (Fsp3) is 0.188. The molecule has 1 N–H and O–H groups in total. The first-order valence-corrected chi connectivity index (χ1v) is 6.99. The summed E-state index contributed by atoms with van der Waals surface area (Å²) in [6.45, 7) is 3.86. The number of hydrogen-bond acceptors (Lipinski definition) is 4. The van der Waals surface area contributed by atoms with Crippen LogP contribution in [-0.2, 0) is 0 Å². The van der Waals surface area contributed by atoms with Crippen LogP contribution >= 0.6 is 0 Å². The molecule has 22 heavy (non-hydrogen) atoms. The molecule has 6 nitrogen and oxygen atoms in total. The Morgan fingerprint density at radius 3 is 2.86 bits per heavy atom. The van der Waals surface area contributed by atoms with Gasteiger partial charge in [0.1, 0.15) is 22.8 Å². The molecule has 0 radical (unpaired) electrons. The monoisotopic (exact) mass is 296 g/mol. The van der Waals surface area contributed by atoms with Crippen LogP contribution < -0.4 is 10.1 Å². The van der Waals surface area contributed by atoms with Gasteiger partial charge < -0.3 is 14.5 Å². The van der Waals surface area contributed by atoms with Gasteiger partial charge >= 0.3 is 0 Å². The molecule has 0 unspecified atom stereocenters. The van der Waals surface area contributed by atoms with E-state index >= 15 is 0 Å². The molecule has 3 aromatic rings. The lowest BCUT2D eigenvalue weighted by atomic mass is 10.3. The van der Waals surface area contributed by atoms with Crippen molar-refractivity contribution in [1.29, 1.82) is 0 Å². The molecule has 0 aromatic carbocycles. The molecule has 0 atom stereocenters. The van der Waals surface area contributed by atoms with Crippen molar-refractivity contribution in [1.82, 2.24) is 14.4 Å². The molecular weight excluding hydrogens is 280 g/mol. The van der Waals surface area contributed by atoms with Crippen molar-refractivity contribution in [2.24, 2.45) is 0 Å². The zero-order chi connectivity index (χ0) is 15.5. The molecule has 112 valence electrons. The van der Waals surface area contributed by atoms with Gasteiger partial charge in [-0.2, -0.15) is 0 Å². The molecule has 0 spiro atoms. The van der Waals surface area contributed by atoms with Crippen molar-refractivity contribution in [2.45, 2.75) is 20.0 Å². The van der Waals surface area contributed by atoms with E-state index in [2.05, 4.69) is 15.3 Å². The van der Waals surface area contributed by atoms with E-state index in [1.807, 2.05) is 24.4 Å². The number of rotatable bonds is 4. The van der Waals surface area contributed by atoms with Gasteiger partial charge in [-0.1, -0.05) is 6.07 Å². The predicted molar refractivity (Wildman–Crippen MR) is 83.1 cm³/mol. The molecule has 0 saturated heterocycles. The maximum atomic E-state index is 12.3. The van der Waals surface area contributed by atoms with E-state index < -0.39 is 0 Å². The lowest BCUT2D eigenvalue weighted by molar-refractivity contribution is 0.102. The van der Waals surface area contributed by atoms with Crippen molar-refractivity contribution in [2.75, 3.05) is 5.32 Å². The average molecular weight is 296 g/mol. The van der Waals surface area contributed by atoms with E-state index in [0.29, 0.717) is 17.1 Å². The second-order valence-electron chi connectivity index (χ2n) is 5.08. The summed E-state index contributed by atoms with van der Waals surface area (Å²) in [6.07, 6.45) is 6.85. The third-order valence-electron chi connectivity index (χ3n) is 3.00. The van der Waals surface area contributed by atoms with Crippen molar-refractivity contribution < 1.29 is 9.53 Å². The van der Waals surface area contributed by atoms with Crippen molar-refractivity contribution in [3.8, 4) is 5.75 Å². The average Bonchev–Trinajstić information content (AvgIpc) is 2.95. The number of nitrogens with zero attached hydrogens (tertiary/aromatic N) is 3. The lowest BCUT2D eigenvalue weighted by Crippen LogP contribution is -2.16. The Labute approximate surface area is 127 Å². The first-order chi connectivity index (χ1) is 10.6. The molecule has 3 rings (SSSR count). The normalized spacial score (nSPS) is 10.9. The topological polar surface area (TPSA) is 68.5 Å². The van der Waals surface area contributed by atoms with Crippen LogP contribution in [0.15, 0.2) is 49.1 Å². The third-order valence-corrected chi connectivity index (χ3v) is 3.00.